The fourth-order valence-corrected chi connectivity index (χ4v) is 6.10. The van der Waals surface area contributed by atoms with Crippen LogP contribution in [0.2, 0.25) is 0 Å². The zero-order valence-corrected chi connectivity index (χ0v) is 20.9. The van der Waals surface area contributed by atoms with Gasteiger partial charge in [0.05, 0.1) is 0 Å². The molecule has 0 saturated carbocycles. The van der Waals surface area contributed by atoms with Crippen molar-refractivity contribution >= 4 is 21.5 Å². The predicted molar refractivity (Wildman–Crippen MR) is 162 cm³/mol. The molecular weight excluding hydrogens is 456 g/mol. The van der Waals surface area contributed by atoms with Gasteiger partial charge in [0.2, 0.25) is 0 Å². The van der Waals surface area contributed by atoms with Crippen molar-refractivity contribution in [1.29, 1.82) is 0 Å². The third kappa shape index (κ3) is 3.31. The van der Waals surface area contributed by atoms with Crippen molar-refractivity contribution < 1.29 is 0 Å². The van der Waals surface area contributed by atoms with Crippen molar-refractivity contribution in [3.05, 3.63) is 146 Å². The van der Waals surface area contributed by atoms with Crippen LogP contribution in [0.15, 0.2) is 146 Å². The molecule has 0 heterocycles. The fourth-order valence-electron chi connectivity index (χ4n) is 6.10. The molecule has 0 aromatic heterocycles. The van der Waals surface area contributed by atoms with Gasteiger partial charge in [0.25, 0.3) is 0 Å². The summed E-state index contributed by atoms with van der Waals surface area (Å²) in [5.74, 6) is 0. The molecule has 0 bridgehead atoms. The van der Waals surface area contributed by atoms with Crippen LogP contribution in [0.5, 0.6) is 0 Å². The second-order valence-electron chi connectivity index (χ2n) is 10.2. The maximum absolute atomic E-state index is 2.38. The Morgan fingerprint density at radius 1 is 0.237 bits per heavy atom. The Kier molecular flexibility index (Phi) is 4.62. The highest BCUT2D eigenvalue weighted by Crippen LogP contribution is 2.48. The van der Waals surface area contributed by atoms with Crippen molar-refractivity contribution in [2.45, 2.75) is 0 Å². The zero-order valence-electron chi connectivity index (χ0n) is 20.9. The highest BCUT2D eigenvalue weighted by Gasteiger charge is 2.21. The first-order valence-electron chi connectivity index (χ1n) is 13.2. The molecule has 0 aliphatic heterocycles. The van der Waals surface area contributed by atoms with E-state index in [1.54, 1.807) is 0 Å². The summed E-state index contributed by atoms with van der Waals surface area (Å²) < 4.78 is 0. The molecule has 7 aromatic rings. The van der Waals surface area contributed by atoms with Gasteiger partial charge < -0.3 is 0 Å². The standard InChI is InChI=1S/C38H24/c1-2-8-25(9-3-1)28-16-17-31-22-29(18-19-30(31)21-28)26-10-6-11-27(20-26)33-23-32-12-7-15-36-34-13-4-5-14-35(34)37(24-33)38(32)36/h1-24H. The highest BCUT2D eigenvalue weighted by molar-refractivity contribution is 6.16. The summed E-state index contributed by atoms with van der Waals surface area (Å²) in [6.45, 7) is 0. The molecule has 38 heavy (non-hydrogen) atoms. The molecule has 0 spiro atoms. The van der Waals surface area contributed by atoms with Crippen LogP contribution in [0, 0.1) is 0 Å². The quantitative estimate of drug-likeness (QED) is 0.236. The summed E-state index contributed by atoms with van der Waals surface area (Å²) in [7, 11) is 0. The number of hydrogen-bond acceptors (Lipinski definition) is 0. The molecule has 7 aromatic carbocycles. The normalized spacial score (nSPS) is 11.7. The smallest absolute Gasteiger partial charge is 0.00259 e. The molecule has 0 radical (unpaired) electrons. The molecule has 0 saturated heterocycles. The van der Waals surface area contributed by atoms with Crippen LogP contribution >= 0.6 is 0 Å². The van der Waals surface area contributed by atoms with Crippen LogP contribution in [0.4, 0.5) is 0 Å². The van der Waals surface area contributed by atoms with Gasteiger partial charge >= 0.3 is 0 Å². The molecule has 176 valence electrons. The average molecular weight is 481 g/mol. The lowest BCUT2D eigenvalue weighted by molar-refractivity contribution is 1.61. The molecule has 8 rings (SSSR count). The van der Waals surface area contributed by atoms with Gasteiger partial charge in [-0.3, -0.25) is 0 Å². The first-order chi connectivity index (χ1) is 18.8. The van der Waals surface area contributed by atoms with E-state index in [0.717, 1.165) is 0 Å². The van der Waals surface area contributed by atoms with E-state index in [9.17, 15) is 0 Å². The molecule has 1 aliphatic carbocycles. The van der Waals surface area contributed by atoms with Gasteiger partial charge in [-0.15, -0.1) is 0 Å². The molecule has 0 N–H and O–H groups in total. The minimum atomic E-state index is 1.24. The molecule has 0 unspecified atom stereocenters. The Balaban J connectivity index is 1.21. The van der Waals surface area contributed by atoms with E-state index >= 15 is 0 Å². The second kappa shape index (κ2) is 8.30. The maximum Gasteiger partial charge on any atom is -0.00259 e. The molecular formula is C38H24. The van der Waals surface area contributed by atoms with Crippen LogP contribution in [0.3, 0.4) is 0 Å². The zero-order chi connectivity index (χ0) is 25.1. The van der Waals surface area contributed by atoms with Crippen LogP contribution in [-0.4, -0.2) is 0 Å². The number of benzene rings is 7. The number of fused-ring (bicyclic) bond motifs is 4. The van der Waals surface area contributed by atoms with Gasteiger partial charge in [-0.05, 0) is 108 Å². The lowest BCUT2D eigenvalue weighted by Crippen LogP contribution is -1.85. The Morgan fingerprint density at radius 2 is 0.763 bits per heavy atom. The van der Waals surface area contributed by atoms with E-state index in [2.05, 4.69) is 146 Å². The summed E-state index contributed by atoms with van der Waals surface area (Å²) in [6.07, 6.45) is 0. The molecule has 0 nitrogen and oxygen atoms in total. The molecule has 0 fully saturated rings. The van der Waals surface area contributed by atoms with Gasteiger partial charge in [0, 0.05) is 0 Å². The molecule has 0 atom stereocenters. The number of rotatable bonds is 3. The summed E-state index contributed by atoms with van der Waals surface area (Å²) in [5.41, 5.74) is 12.8. The Labute approximate surface area is 222 Å². The second-order valence-corrected chi connectivity index (χ2v) is 10.2. The van der Waals surface area contributed by atoms with Crippen molar-refractivity contribution in [2.75, 3.05) is 0 Å². The van der Waals surface area contributed by atoms with Crippen LogP contribution in [0.25, 0.3) is 77.2 Å². The minimum Gasteiger partial charge on any atom is -0.0622 e. The first-order valence-corrected chi connectivity index (χ1v) is 13.2. The van der Waals surface area contributed by atoms with Crippen LogP contribution in [-0.2, 0) is 0 Å². The Bertz CT molecular complexity index is 2010. The largest absolute Gasteiger partial charge is 0.0622 e. The average Bonchev–Trinajstić information content (AvgIpc) is 3.32. The maximum atomic E-state index is 2.38. The number of hydrogen-bond donors (Lipinski definition) is 0. The lowest BCUT2D eigenvalue weighted by Gasteiger charge is -2.11. The monoisotopic (exact) mass is 480 g/mol. The van der Waals surface area contributed by atoms with Gasteiger partial charge in [-0.2, -0.15) is 0 Å². The van der Waals surface area contributed by atoms with Gasteiger partial charge in [-0.1, -0.05) is 115 Å². The minimum absolute atomic E-state index is 1.24. The summed E-state index contributed by atoms with van der Waals surface area (Å²) in [5, 5.41) is 5.20. The van der Waals surface area contributed by atoms with E-state index < -0.39 is 0 Å². The van der Waals surface area contributed by atoms with E-state index in [1.165, 1.54) is 77.2 Å². The van der Waals surface area contributed by atoms with Gasteiger partial charge in [-0.25, -0.2) is 0 Å². The SMILES string of the molecule is c1ccc(-c2ccc3cc(-c4cccc(-c5cc6c7c(cccc7c5)-c5ccccc5-6)c4)ccc3c2)cc1. The van der Waals surface area contributed by atoms with E-state index in [0.29, 0.717) is 0 Å². The fraction of sp³-hybridized carbons (Fsp3) is 0. The van der Waals surface area contributed by atoms with Crippen molar-refractivity contribution in [1.82, 2.24) is 0 Å². The summed E-state index contributed by atoms with van der Waals surface area (Å²) in [4.78, 5) is 0. The third-order valence-electron chi connectivity index (χ3n) is 7.96. The first kappa shape index (κ1) is 21.2. The lowest BCUT2D eigenvalue weighted by atomic mass is 9.93. The van der Waals surface area contributed by atoms with Crippen molar-refractivity contribution in [3.8, 4) is 55.6 Å². The topological polar surface area (TPSA) is 0 Å². The molecule has 0 heteroatoms. The summed E-state index contributed by atoms with van der Waals surface area (Å²) >= 11 is 0. The Hall–Kier alpha value is -4.94. The van der Waals surface area contributed by atoms with E-state index in [1.807, 2.05) is 0 Å². The molecule has 0 amide bonds. The highest BCUT2D eigenvalue weighted by atomic mass is 14.2. The predicted octanol–water partition coefficient (Wildman–Crippen LogP) is 10.6. The van der Waals surface area contributed by atoms with Crippen LogP contribution in [0.1, 0.15) is 0 Å². The van der Waals surface area contributed by atoms with Gasteiger partial charge in [0.15, 0.2) is 0 Å². The van der Waals surface area contributed by atoms with E-state index in [4.69, 9.17) is 0 Å². The Morgan fingerprint density at radius 3 is 1.53 bits per heavy atom. The van der Waals surface area contributed by atoms with Crippen molar-refractivity contribution in [3.63, 3.8) is 0 Å². The van der Waals surface area contributed by atoms with Crippen molar-refractivity contribution in [2.24, 2.45) is 0 Å². The third-order valence-corrected chi connectivity index (χ3v) is 7.96. The molecule has 1 aliphatic rings. The van der Waals surface area contributed by atoms with Crippen LogP contribution < -0.4 is 0 Å². The van der Waals surface area contributed by atoms with E-state index in [-0.39, 0.29) is 0 Å². The van der Waals surface area contributed by atoms with Gasteiger partial charge in [0.1, 0.15) is 0 Å². The summed E-state index contributed by atoms with van der Waals surface area (Å²) in [6, 6.07) is 53.3.